The first kappa shape index (κ1) is 50.2. The molecule has 0 fully saturated rings. The topological polar surface area (TPSA) is 9.86 Å². The van der Waals surface area contributed by atoms with Gasteiger partial charge in [-0.1, -0.05) is 279 Å². The van der Waals surface area contributed by atoms with Crippen molar-refractivity contribution in [3.8, 4) is 89.3 Å². The van der Waals surface area contributed by atoms with Crippen LogP contribution in [0.15, 0.2) is 340 Å². The number of hydrogen-bond donors (Lipinski definition) is 0. The van der Waals surface area contributed by atoms with Crippen molar-refractivity contribution in [2.75, 3.05) is 0 Å². The second-order valence-electron chi connectivity index (χ2n) is 23.1. The predicted molar refractivity (Wildman–Crippen MR) is 365 cm³/mol. The molecule has 0 radical (unpaired) electrons. The van der Waals surface area contributed by atoms with Crippen LogP contribution in [0.2, 0.25) is 0 Å². The van der Waals surface area contributed by atoms with Gasteiger partial charge in [-0.3, -0.25) is 0 Å². The van der Waals surface area contributed by atoms with Crippen molar-refractivity contribution in [3.63, 3.8) is 0 Å². The lowest BCUT2D eigenvalue weighted by molar-refractivity contribution is 0.769. The first-order valence-electron chi connectivity index (χ1n) is 30.1. The molecule has 0 aliphatic heterocycles. The van der Waals surface area contributed by atoms with Gasteiger partial charge in [0.2, 0.25) is 0 Å². The summed E-state index contributed by atoms with van der Waals surface area (Å²) in [6, 6.07) is 125. The molecule has 0 saturated carbocycles. The summed E-state index contributed by atoms with van der Waals surface area (Å²) in [6.45, 7) is 0. The molecule has 14 aromatic carbocycles. The highest BCUT2D eigenvalue weighted by Gasteiger charge is 2.46. The zero-order valence-corrected chi connectivity index (χ0v) is 47.7. The molecule has 0 N–H and O–H groups in total. The van der Waals surface area contributed by atoms with Gasteiger partial charge in [0.05, 0.1) is 33.2 Å². The van der Waals surface area contributed by atoms with Gasteiger partial charge in [-0.2, -0.15) is 0 Å². The molecule has 0 unspecified atom stereocenters. The van der Waals surface area contributed by atoms with Crippen molar-refractivity contribution in [2.45, 2.75) is 5.41 Å². The van der Waals surface area contributed by atoms with Gasteiger partial charge >= 0.3 is 0 Å². The molecule has 0 amide bonds. The van der Waals surface area contributed by atoms with E-state index in [9.17, 15) is 0 Å². The van der Waals surface area contributed by atoms with Crippen LogP contribution in [-0.2, 0) is 5.41 Å². The lowest BCUT2D eigenvalue weighted by Crippen LogP contribution is -2.28. The van der Waals surface area contributed by atoms with E-state index in [1.54, 1.807) is 0 Å². The van der Waals surface area contributed by atoms with Crippen LogP contribution in [0.5, 0.6) is 0 Å². The number of hydrogen-bond acceptors (Lipinski definition) is 0. The molecule has 2 heteroatoms. The number of nitrogens with zero attached hydrogens (tertiary/aromatic N) is 2. The quantitative estimate of drug-likeness (QED) is 0.129. The smallest absolute Gasteiger partial charge is 0.0713 e. The number of fused-ring (bicyclic) bond motifs is 9. The molecule has 0 spiro atoms. The Hall–Kier alpha value is -11.3. The molecule has 1 aliphatic carbocycles. The fourth-order valence-electron chi connectivity index (χ4n) is 14.4. The van der Waals surface area contributed by atoms with Crippen molar-refractivity contribution < 1.29 is 0 Å². The number of benzene rings is 14. The van der Waals surface area contributed by atoms with Crippen LogP contribution in [0.3, 0.4) is 0 Å². The van der Waals surface area contributed by atoms with Crippen LogP contribution in [0.4, 0.5) is 0 Å². The van der Waals surface area contributed by atoms with E-state index in [0.29, 0.717) is 0 Å². The molecule has 1 aliphatic rings. The van der Waals surface area contributed by atoms with Gasteiger partial charge in [0.1, 0.15) is 0 Å². The van der Waals surface area contributed by atoms with Gasteiger partial charge in [0.15, 0.2) is 0 Å². The summed E-state index contributed by atoms with van der Waals surface area (Å²) in [5.41, 5.74) is 28.7. The number of para-hydroxylation sites is 3. The van der Waals surface area contributed by atoms with Gasteiger partial charge < -0.3 is 9.13 Å². The van der Waals surface area contributed by atoms with E-state index >= 15 is 0 Å². The summed E-state index contributed by atoms with van der Waals surface area (Å²) in [6.07, 6.45) is 0. The van der Waals surface area contributed by atoms with E-state index in [4.69, 9.17) is 0 Å². The monoisotopic (exact) mass is 1100 g/mol. The van der Waals surface area contributed by atoms with Crippen molar-refractivity contribution >= 4 is 43.6 Å². The highest BCUT2D eigenvalue weighted by Crippen LogP contribution is 2.56. The van der Waals surface area contributed by atoms with E-state index in [1.807, 2.05) is 0 Å². The summed E-state index contributed by atoms with van der Waals surface area (Å²) in [4.78, 5) is 0. The summed E-state index contributed by atoms with van der Waals surface area (Å²) in [5, 5.41) is 4.96. The Morgan fingerprint density at radius 1 is 0.195 bits per heavy atom. The largest absolute Gasteiger partial charge is 0.309 e. The molecule has 0 bridgehead atoms. The van der Waals surface area contributed by atoms with Crippen molar-refractivity contribution in [3.05, 3.63) is 362 Å². The lowest BCUT2D eigenvalue weighted by atomic mass is 9.67. The Labute approximate surface area is 506 Å². The molecule has 0 atom stereocenters. The van der Waals surface area contributed by atoms with Crippen LogP contribution >= 0.6 is 0 Å². The van der Waals surface area contributed by atoms with Crippen LogP contribution in [0.1, 0.15) is 22.3 Å². The summed E-state index contributed by atoms with van der Waals surface area (Å²) < 4.78 is 4.85. The van der Waals surface area contributed by atoms with Crippen LogP contribution < -0.4 is 0 Å². The maximum Gasteiger partial charge on any atom is 0.0713 e. The van der Waals surface area contributed by atoms with Crippen LogP contribution in [0, 0.1) is 0 Å². The van der Waals surface area contributed by atoms with Crippen molar-refractivity contribution in [1.82, 2.24) is 9.13 Å². The highest BCUT2D eigenvalue weighted by molar-refractivity contribution is 6.13. The van der Waals surface area contributed by atoms with Gasteiger partial charge in [-0.15, -0.1) is 0 Å². The minimum Gasteiger partial charge on any atom is -0.309 e. The molecular weight excluding hydrogens is 1050 g/mol. The summed E-state index contributed by atoms with van der Waals surface area (Å²) in [7, 11) is 0. The Balaban J connectivity index is 0.652. The molecule has 87 heavy (non-hydrogen) atoms. The van der Waals surface area contributed by atoms with Crippen molar-refractivity contribution in [1.29, 1.82) is 0 Å². The Kier molecular flexibility index (Phi) is 11.8. The van der Waals surface area contributed by atoms with Gasteiger partial charge in [-0.25, -0.2) is 0 Å². The van der Waals surface area contributed by atoms with E-state index in [-0.39, 0.29) is 0 Å². The highest BCUT2D eigenvalue weighted by atomic mass is 15.0. The molecular formula is C85H56N2. The fourth-order valence-corrected chi connectivity index (χ4v) is 14.4. The minimum atomic E-state index is -0.488. The maximum atomic E-state index is 2.44. The molecule has 16 aromatic rings. The van der Waals surface area contributed by atoms with E-state index in [0.717, 1.165) is 5.69 Å². The van der Waals surface area contributed by atoms with E-state index in [2.05, 4.69) is 349 Å². The van der Waals surface area contributed by atoms with Crippen LogP contribution in [0.25, 0.3) is 133 Å². The Morgan fingerprint density at radius 3 is 1.13 bits per heavy atom. The minimum absolute atomic E-state index is 0.488. The standard InChI is InChI=1S/C85H56N2/c1-3-18-57(19-4-1)61-42-48-68(49-43-61)85(78-29-12-7-25-72(78)73-26-8-13-30-79(73)85)69-23-17-22-65(54-69)63-40-38-59(39-41-63)58-34-36-60(37-35-58)62-44-50-70(51-45-62)86-81-32-15-10-27-74(81)76-55-66(46-52-83(76)86)67-47-53-84-77(56-67)75-28-11-16-33-82(75)87(84)80-31-14-9-24-71(80)64-20-5-2-6-21-64/h1-56H. The van der Waals surface area contributed by atoms with E-state index < -0.39 is 5.41 Å². The number of rotatable bonds is 10. The van der Waals surface area contributed by atoms with Gasteiger partial charge in [0, 0.05) is 32.8 Å². The average molecular weight is 1110 g/mol. The third-order valence-corrected chi connectivity index (χ3v) is 18.5. The molecule has 2 heterocycles. The third kappa shape index (κ3) is 8.17. The Bertz CT molecular complexity index is 5230. The first-order chi connectivity index (χ1) is 43.1. The summed E-state index contributed by atoms with van der Waals surface area (Å²) in [5.74, 6) is 0. The van der Waals surface area contributed by atoms with E-state index in [1.165, 1.54) is 149 Å². The number of aromatic nitrogens is 2. The molecule has 0 saturated heterocycles. The van der Waals surface area contributed by atoms with Crippen LogP contribution in [-0.4, -0.2) is 9.13 Å². The zero-order valence-electron chi connectivity index (χ0n) is 47.7. The normalized spacial score (nSPS) is 12.5. The van der Waals surface area contributed by atoms with Gasteiger partial charge in [-0.05, 0) is 155 Å². The SMILES string of the molecule is c1ccc(-c2ccc(C3(c4cccc(-c5ccc(-c6ccc(-c7ccc(-n8c9ccccc9c9cc(-c%10ccc%11c(c%10)c%10ccccc%10n%11-c%10ccccc%10-c%10ccccc%10)ccc98)cc7)cc6)cc5)c4)c4ccccc4-c4ccccc43)cc2)cc1. The molecule has 2 aromatic heterocycles. The summed E-state index contributed by atoms with van der Waals surface area (Å²) >= 11 is 0. The van der Waals surface area contributed by atoms with Gasteiger partial charge in [0.25, 0.3) is 0 Å². The molecule has 17 rings (SSSR count). The predicted octanol–water partition coefficient (Wildman–Crippen LogP) is 22.2. The van der Waals surface area contributed by atoms with Crippen molar-refractivity contribution in [2.24, 2.45) is 0 Å². The zero-order chi connectivity index (χ0) is 57.4. The second kappa shape index (κ2) is 20.5. The molecule has 406 valence electrons. The first-order valence-corrected chi connectivity index (χ1v) is 30.1. The second-order valence-corrected chi connectivity index (χ2v) is 23.1. The Morgan fingerprint density at radius 2 is 0.563 bits per heavy atom. The maximum absolute atomic E-state index is 2.44. The lowest BCUT2D eigenvalue weighted by Gasteiger charge is -2.34. The third-order valence-electron chi connectivity index (χ3n) is 18.5. The fraction of sp³-hybridized carbons (Fsp3) is 0.0118. The average Bonchev–Trinajstić information content (AvgIpc) is 1.91. The molecule has 2 nitrogen and oxygen atoms in total.